The summed E-state index contributed by atoms with van der Waals surface area (Å²) < 4.78 is 27.9. The highest BCUT2D eigenvalue weighted by atomic mass is 32.2. The molecule has 2 amide bonds. The van der Waals surface area contributed by atoms with Crippen molar-refractivity contribution in [2.75, 3.05) is 6.54 Å². The van der Waals surface area contributed by atoms with Crippen LogP contribution in [0.4, 0.5) is 4.79 Å². The minimum Gasteiger partial charge on any atom is -0.393 e. The molecule has 232 valence electrons. The minimum absolute atomic E-state index is 0.101. The second-order valence-electron chi connectivity index (χ2n) is 15.5. The normalized spacial score (nSPS) is 39.0. The Morgan fingerprint density at radius 3 is 2.41 bits per heavy atom. The molecule has 4 aliphatic rings. The van der Waals surface area contributed by atoms with Crippen LogP contribution in [-0.2, 0) is 15.4 Å². The molecule has 0 radical (unpaired) electrons. The number of nitrogens with one attached hydrogen (secondary N) is 2. The summed E-state index contributed by atoms with van der Waals surface area (Å²) in [5, 5.41) is 13.3. The smallest absolute Gasteiger partial charge is 0.328 e. The second kappa shape index (κ2) is 11.4. The summed E-state index contributed by atoms with van der Waals surface area (Å²) >= 11 is 1.22. The van der Waals surface area contributed by atoms with Gasteiger partial charge in [-0.3, -0.25) is 0 Å². The van der Waals surface area contributed by atoms with E-state index in [-0.39, 0.29) is 15.7 Å². The fourth-order valence-corrected chi connectivity index (χ4v) is 12.4. The Labute approximate surface area is 252 Å². The lowest BCUT2D eigenvalue weighted by atomic mass is 9.42. The predicted octanol–water partition coefficient (Wildman–Crippen LogP) is 7.47. The van der Waals surface area contributed by atoms with Gasteiger partial charge in [0.2, 0.25) is 0 Å². The van der Waals surface area contributed by atoms with Crippen molar-refractivity contribution in [2.24, 2.45) is 46.3 Å². The van der Waals surface area contributed by atoms with Gasteiger partial charge in [-0.1, -0.05) is 48.0 Å². The van der Waals surface area contributed by atoms with E-state index < -0.39 is 16.1 Å². The number of urea groups is 1. The third kappa shape index (κ3) is 5.87. The van der Waals surface area contributed by atoms with Gasteiger partial charge >= 0.3 is 6.03 Å². The third-order valence-electron chi connectivity index (χ3n) is 12.4. The lowest BCUT2D eigenvalue weighted by Crippen LogP contribution is -2.56. The minimum atomic E-state index is -3.87. The molecule has 0 spiro atoms. The number of fused-ring (bicyclic) bond motifs is 5. The summed E-state index contributed by atoms with van der Waals surface area (Å²) in [6.45, 7) is 14.1. The molecule has 6 nitrogen and oxygen atoms in total. The molecule has 9 atom stereocenters. The summed E-state index contributed by atoms with van der Waals surface area (Å²) in [5.41, 5.74) is 0.619. The topological polar surface area (TPSA) is 95.5 Å². The lowest BCUT2D eigenvalue weighted by molar-refractivity contribution is -0.150. The molecule has 0 aliphatic heterocycles. The van der Waals surface area contributed by atoms with E-state index in [0.29, 0.717) is 29.2 Å². The van der Waals surface area contributed by atoms with Crippen LogP contribution in [0.1, 0.15) is 117 Å². The second-order valence-corrected chi connectivity index (χ2v) is 18.5. The van der Waals surface area contributed by atoms with Crippen molar-refractivity contribution in [1.82, 2.24) is 10.0 Å². The van der Waals surface area contributed by atoms with E-state index in [0.717, 1.165) is 54.2 Å². The van der Waals surface area contributed by atoms with Crippen LogP contribution in [0.2, 0.25) is 0 Å². The van der Waals surface area contributed by atoms with Crippen LogP contribution in [0, 0.1) is 46.3 Å². The molecule has 5 rings (SSSR count). The van der Waals surface area contributed by atoms with Crippen LogP contribution in [-0.4, -0.2) is 32.2 Å². The SMILES string of the molecule is CC[C@H]1C[C@@H]2[C@H](CC[C@]3(C)[C@@H](CCCNC(=O)NS(=O)(=O)c4ccc(C(C)(C)C)s4)CC[C@@H]23)[C@@]2(C)CC[C@@H](O)C[C@@H]12. The number of hydrogen-bond acceptors (Lipinski definition) is 5. The largest absolute Gasteiger partial charge is 0.393 e. The Morgan fingerprint density at radius 1 is 1.02 bits per heavy atom. The Kier molecular flexibility index (Phi) is 8.72. The predicted molar refractivity (Wildman–Crippen MR) is 166 cm³/mol. The van der Waals surface area contributed by atoms with Crippen LogP contribution in [0.3, 0.4) is 0 Å². The molecule has 0 aromatic carbocycles. The van der Waals surface area contributed by atoms with E-state index in [2.05, 4.69) is 30.8 Å². The molecular weight excluding hydrogens is 553 g/mol. The maximum atomic E-state index is 12.7. The first-order chi connectivity index (χ1) is 19.2. The molecule has 41 heavy (non-hydrogen) atoms. The zero-order chi connectivity index (χ0) is 29.8. The number of hydrogen-bond donors (Lipinski definition) is 3. The molecule has 4 fully saturated rings. The zero-order valence-electron chi connectivity index (χ0n) is 26.2. The number of carbonyl (C=O) groups excluding carboxylic acids is 1. The highest BCUT2D eigenvalue weighted by Crippen LogP contribution is 2.69. The molecule has 1 heterocycles. The number of carbonyl (C=O) groups is 1. The number of sulfonamides is 1. The summed E-state index contributed by atoms with van der Waals surface area (Å²) in [6, 6.07) is 2.77. The molecule has 1 aromatic heterocycles. The average Bonchev–Trinajstić information content (AvgIpc) is 3.53. The Balaban J connectivity index is 1.14. The van der Waals surface area contributed by atoms with Crippen molar-refractivity contribution < 1.29 is 18.3 Å². The monoisotopic (exact) mass is 606 g/mol. The molecule has 0 unspecified atom stereocenters. The van der Waals surface area contributed by atoms with Crippen molar-refractivity contribution in [3.63, 3.8) is 0 Å². The Bertz CT molecular complexity index is 1210. The zero-order valence-corrected chi connectivity index (χ0v) is 27.8. The van der Waals surface area contributed by atoms with E-state index in [1.165, 1.54) is 56.3 Å². The Hall–Kier alpha value is -1.12. The summed E-state index contributed by atoms with van der Waals surface area (Å²) in [6.07, 6.45) is 12.8. The van der Waals surface area contributed by atoms with Gasteiger partial charge in [-0.05, 0) is 128 Å². The number of rotatable bonds is 7. The molecule has 4 saturated carbocycles. The third-order valence-corrected chi connectivity index (χ3v) is 15.7. The van der Waals surface area contributed by atoms with Gasteiger partial charge in [-0.2, -0.15) is 0 Å². The van der Waals surface area contributed by atoms with Crippen molar-refractivity contribution in [3.05, 3.63) is 17.0 Å². The van der Waals surface area contributed by atoms with Gasteiger partial charge in [-0.25, -0.2) is 17.9 Å². The summed E-state index contributed by atoms with van der Waals surface area (Å²) in [4.78, 5) is 13.5. The maximum absolute atomic E-state index is 12.7. The maximum Gasteiger partial charge on any atom is 0.328 e. The van der Waals surface area contributed by atoms with E-state index in [1.54, 1.807) is 6.07 Å². The number of aliphatic hydroxyl groups is 1. The highest BCUT2D eigenvalue weighted by Gasteiger charge is 2.61. The average molecular weight is 607 g/mol. The van der Waals surface area contributed by atoms with Gasteiger partial charge in [0.05, 0.1) is 6.10 Å². The number of thiophene rings is 1. The van der Waals surface area contributed by atoms with Gasteiger partial charge in [0.25, 0.3) is 10.0 Å². The van der Waals surface area contributed by atoms with Gasteiger partial charge in [-0.15, -0.1) is 11.3 Å². The van der Waals surface area contributed by atoms with E-state index in [4.69, 9.17) is 0 Å². The fraction of sp³-hybridized carbons (Fsp3) is 0.848. The Morgan fingerprint density at radius 2 is 1.73 bits per heavy atom. The molecule has 0 saturated heterocycles. The molecule has 8 heteroatoms. The first-order valence-corrected chi connectivity index (χ1v) is 18.6. The van der Waals surface area contributed by atoms with Crippen molar-refractivity contribution in [2.45, 2.75) is 128 Å². The van der Waals surface area contributed by atoms with Crippen LogP contribution >= 0.6 is 11.3 Å². The van der Waals surface area contributed by atoms with Gasteiger partial charge in [0.1, 0.15) is 4.21 Å². The van der Waals surface area contributed by atoms with Gasteiger partial charge in [0, 0.05) is 11.4 Å². The first-order valence-electron chi connectivity index (χ1n) is 16.3. The van der Waals surface area contributed by atoms with Gasteiger partial charge in [0.15, 0.2) is 0 Å². The van der Waals surface area contributed by atoms with E-state index >= 15 is 0 Å². The number of amides is 2. The number of aliphatic hydroxyl groups excluding tert-OH is 1. The molecule has 3 N–H and O–H groups in total. The lowest BCUT2D eigenvalue weighted by Gasteiger charge is -2.63. The quantitative estimate of drug-likeness (QED) is 0.281. The summed E-state index contributed by atoms with van der Waals surface area (Å²) in [5.74, 6) is 4.49. The van der Waals surface area contributed by atoms with Crippen LogP contribution in [0.15, 0.2) is 16.3 Å². The summed E-state index contributed by atoms with van der Waals surface area (Å²) in [7, 11) is -3.87. The van der Waals surface area contributed by atoms with Crippen molar-refractivity contribution >= 4 is 27.4 Å². The van der Waals surface area contributed by atoms with E-state index in [1.807, 2.05) is 26.8 Å². The first kappa shape index (κ1) is 31.3. The van der Waals surface area contributed by atoms with Crippen LogP contribution in [0.25, 0.3) is 0 Å². The molecule has 4 aliphatic carbocycles. The van der Waals surface area contributed by atoms with Gasteiger partial charge < -0.3 is 10.4 Å². The van der Waals surface area contributed by atoms with E-state index in [9.17, 15) is 18.3 Å². The van der Waals surface area contributed by atoms with Crippen LogP contribution < -0.4 is 10.0 Å². The van der Waals surface area contributed by atoms with Crippen molar-refractivity contribution in [3.8, 4) is 0 Å². The molecule has 1 aromatic rings. The standard InChI is InChI=1S/C33H54N2O4S2/c1-7-21-19-24-25-11-10-22(32(25,5)17-15-26(24)33(6)16-14-23(36)20-27(21)33)9-8-18-34-30(37)35-41(38,39)29-13-12-28(40-29)31(2,3)4/h12-13,21-27,36H,7-11,14-20H2,1-6H3,(H2,34,35,37)/t21-,22-,23+,24-,25-,26-,27-,32+,33+/m0/s1. The molecular formula is C33H54N2O4S2. The molecule has 0 bridgehead atoms. The fourth-order valence-electron chi connectivity index (χ4n) is 10.1. The highest BCUT2D eigenvalue weighted by molar-refractivity contribution is 7.92. The van der Waals surface area contributed by atoms with Crippen molar-refractivity contribution in [1.29, 1.82) is 0 Å². The van der Waals surface area contributed by atoms with Crippen LogP contribution in [0.5, 0.6) is 0 Å².